The quantitative estimate of drug-likeness (QED) is 0.512. The molecule has 0 heterocycles. The van der Waals surface area contributed by atoms with E-state index in [-0.39, 0.29) is 0 Å². The van der Waals surface area contributed by atoms with Gasteiger partial charge in [-0.25, -0.2) is 0 Å². The van der Waals surface area contributed by atoms with Gasteiger partial charge in [-0.15, -0.1) is 0 Å². The zero-order valence-corrected chi connectivity index (χ0v) is 7.37. The summed E-state index contributed by atoms with van der Waals surface area (Å²) in [4.78, 5) is 0. The molecule has 1 unspecified atom stereocenters. The van der Waals surface area contributed by atoms with Gasteiger partial charge >= 0.3 is 0 Å². The van der Waals surface area contributed by atoms with E-state index in [1.54, 1.807) is 7.11 Å². The average Bonchev–Trinajstić information content (AvgIpc) is 2.08. The first kappa shape index (κ1) is 9.03. The number of nitrogens with two attached hydrogens (primary N) is 2. The van der Waals surface area contributed by atoms with E-state index in [4.69, 9.17) is 16.2 Å². The van der Waals surface area contributed by atoms with Crippen molar-refractivity contribution in [3.05, 3.63) is 29.3 Å². The Morgan fingerprint density at radius 2 is 2.08 bits per heavy atom. The number of hydrogen-bond donors (Lipinski definition) is 2. The molecule has 1 aromatic rings. The van der Waals surface area contributed by atoms with Gasteiger partial charge in [-0.2, -0.15) is 0 Å². The third-order valence-corrected chi connectivity index (χ3v) is 1.80. The van der Waals surface area contributed by atoms with E-state index in [0.29, 0.717) is 5.69 Å². The van der Waals surface area contributed by atoms with Crippen LogP contribution in [-0.4, -0.2) is 7.11 Å². The lowest BCUT2D eigenvalue weighted by molar-refractivity contribution is 0.110. The highest BCUT2D eigenvalue weighted by molar-refractivity contribution is 5.49. The number of nitrogen functional groups attached to an aromatic ring is 1. The van der Waals surface area contributed by atoms with Crippen LogP contribution >= 0.6 is 0 Å². The Balaban J connectivity index is 3.04. The second kappa shape index (κ2) is 3.56. The van der Waals surface area contributed by atoms with Crippen molar-refractivity contribution >= 4 is 5.69 Å². The molecule has 0 bridgehead atoms. The van der Waals surface area contributed by atoms with Crippen molar-refractivity contribution in [3.8, 4) is 0 Å². The first-order valence-corrected chi connectivity index (χ1v) is 3.79. The number of benzene rings is 1. The first-order chi connectivity index (χ1) is 5.65. The van der Waals surface area contributed by atoms with Gasteiger partial charge in [0.15, 0.2) is 0 Å². The van der Waals surface area contributed by atoms with Crippen LogP contribution in [0.15, 0.2) is 18.2 Å². The van der Waals surface area contributed by atoms with Crippen LogP contribution in [0.4, 0.5) is 5.69 Å². The molecule has 3 heteroatoms. The lowest BCUT2D eigenvalue weighted by Gasteiger charge is -2.12. The van der Waals surface area contributed by atoms with Gasteiger partial charge < -0.3 is 16.2 Å². The van der Waals surface area contributed by atoms with Crippen LogP contribution < -0.4 is 11.5 Å². The van der Waals surface area contributed by atoms with Crippen LogP contribution in [0.1, 0.15) is 17.4 Å². The highest BCUT2D eigenvalue weighted by atomic mass is 16.5. The molecule has 0 aliphatic heterocycles. The van der Waals surface area contributed by atoms with Crippen LogP contribution in [0.5, 0.6) is 0 Å². The molecule has 1 aromatic carbocycles. The van der Waals surface area contributed by atoms with Crippen molar-refractivity contribution in [3.63, 3.8) is 0 Å². The van der Waals surface area contributed by atoms with Crippen molar-refractivity contribution in [2.45, 2.75) is 13.2 Å². The van der Waals surface area contributed by atoms with Crippen LogP contribution in [-0.2, 0) is 4.74 Å². The molecule has 3 nitrogen and oxygen atoms in total. The van der Waals surface area contributed by atoms with E-state index < -0.39 is 6.23 Å². The van der Waals surface area contributed by atoms with Gasteiger partial charge in [0.05, 0.1) is 0 Å². The maximum absolute atomic E-state index is 5.71. The smallest absolute Gasteiger partial charge is 0.133 e. The van der Waals surface area contributed by atoms with Crippen LogP contribution in [0.25, 0.3) is 0 Å². The van der Waals surface area contributed by atoms with Gasteiger partial charge in [-0.05, 0) is 13.0 Å². The lowest BCUT2D eigenvalue weighted by atomic mass is 10.1. The average molecular weight is 166 g/mol. The molecule has 0 aliphatic rings. The van der Waals surface area contributed by atoms with Crippen molar-refractivity contribution < 1.29 is 4.74 Å². The molecule has 0 saturated carbocycles. The lowest BCUT2D eigenvalue weighted by Crippen LogP contribution is -2.14. The summed E-state index contributed by atoms with van der Waals surface area (Å²) in [6, 6.07) is 5.72. The minimum absolute atomic E-state index is 0.426. The Hall–Kier alpha value is -1.06. The van der Waals surface area contributed by atoms with Crippen molar-refractivity contribution in [1.82, 2.24) is 0 Å². The molecule has 1 rings (SSSR count). The van der Waals surface area contributed by atoms with E-state index in [2.05, 4.69) is 0 Å². The van der Waals surface area contributed by atoms with Gasteiger partial charge in [0.1, 0.15) is 6.23 Å². The summed E-state index contributed by atoms with van der Waals surface area (Å²) in [6.45, 7) is 1.99. The largest absolute Gasteiger partial charge is 0.398 e. The third-order valence-electron chi connectivity index (χ3n) is 1.80. The molecule has 0 spiro atoms. The number of hydrogen-bond acceptors (Lipinski definition) is 3. The zero-order valence-electron chi connectivity index (χ0n) is 7.37. The van der Waals surface area contributed by atoms with Crippen molar-refractivity contribution in [2.24, 2.45) is 5.73 Å². The second-order valence-corrected chi connectivity index (χ2v) is 2.79. The Bertz CT molecular complexity index is 273. The number of aryl methyl sites for hydroxylation is 1. The fraction of sp³-hybridized carbons (Fsp3) is 0.333. The predicted octanol–water partition coefficient (Wildman–Crippen LogP) is 1.18. The second-order valence-electron chi connectivity index (χ2n) is 2.79. The summed E-state index contributed by atoms with van der Waals surface area (Å²) in [5.41, 5.74) is 14.0. The van der Waals surface area contributed by atoms with E-state index in [9.17, 15) is 0 Å². The molecule has 4 N–H and O–H groups in total. The highest BCUT2D eigenvalue weighted by Crippen LogP contribution is 2.19. The van der Waals surface area contributed by atoms with Gasteiger partial charge in [-0.1, -0.05) is 17.7 Å². The van der Waals surface area contributed by atoms with Crippen LogP contribution in [0.3, 0.4) is 0 Å². The molecule has 0 radical (unpaired) electrons. The summed E-state index contributed by atoms with van der Waals surface area (Å²) in [5, 5.41) is 0. The summed E-state index contributed by atoms with van der Waals surface area (Å²) in [6.07, 6.45) is -0.426. The molecule has 12 heavy (non-hydrogen) atoms. The summed E-state index contributed by atoms with van der Waals surface area (Å²) in [7, 11) is 1.56. The van der Waals surface area contributed by atoms with Gasteiger partial charge in [0.2, 0.25) is 0 Å². The SMILES string of the molecule is COC(N)c1cc(C)ccc1N. The molecule has 0 aliphatic carbocycles. The Kier molecular flexibility index (Phi) is 2.68. The molecule has 1 atom stereocenters. The standard InChI is InChI=1S/C9H14N2O/c1-6-3-4-8(10)7(5-6)9(11)12-2/h3-5,9H,10-11H2,1-2H3. The topological polar surface area (TPSA) is 61.3 Å². The number of ether oxygens (including phenoxy) is 1. The third kappa shape index (κ3) is 1.75. The number of methoxy groups -OCH3 is 1. The molecular formula is C9H14N2O. The molecule has 0 fully saturated rings. The molecular weight excluding hydrogens is 152 g/mol. The van der Waals surface area contributed by atoms with Gasteiger partial charge in [0.25, 0.3) is 0 Å². The van der Waals surface area contributed by atoms with E-state index in [1.807, 2.05) is 25.1 Å². The van der Waals surface area contributed by atoms with E-state index >= 15 is 0 Å². The monoisotopic (exact) mass is 166 g/mol. The summed E-state index contributed by atoms with van der Waals surface area (Å²) >= 11 is 0. The molecule has 0 saturated heterocycles. The summed E-state index contributed by atoms with van der Waals surface area (Å²) in [5.74, 6) is 0. The van der Waals surface area contributed by atoms with Gasteiger partial charge in [-0.3, -0.25) is 0 Å². The Labute approximate surface area is 72.3 Å². The van der Waals surface area contributed by atoms with Crippen LogP contribution in [0, 0.1) is 6.92 Å². The number of rotatable bonds is 2. The maximum Gasteiger partial charge on any atom is 0.133 e. The van der Waals surface area contributed by atoms with Crippen LogP contribution in [0.2, 0.25) is 0 Å². The molecule has 0 amide bonds. The van der Waals surface area contributed by atoms with Crippen molar-refractivity contribution in [2.75, 3.05) is 12.8 Å². The van der Waals surface area contributed by atoms with E-state index in [1.165, 1.54) is 0 Å². The fourth-order valence-electron chi connectivity index (χ4n) is 1.07. The molecule has 0 aromatic heterocycles. The number of anilines is 1. The Morgan fingerprint density at radius 1 is 1.42 bits per heavy atom. The van der Waals surface area contributed by atoms with E-state index in [0.717, 1.165) is 11.1 Å². The minimum Gasteiger partial charge on any atom is -0.398 e. The molecule has 66 valence electrons. The first-order valence-electron chi connectivity index (χ1n) is 3.79. The fourth-order valence-corrected chi connectivity index (χ4v) is 1.07. The van der Waals surface area contributed by atoms with Crippen molar-refractivity contribution in [1.29, 1.82) is 0 Å². The zero-order chi connectivity index (χ0) is 9.14. The maximum atomic E-state index is 5.71. The highest BCUT2D eigenvalue weighted by Gasteiger charge is 2.07. The summed E-state index contributed by atoms with van der Waals surface area (Å²) < 4.78 is 4.97. The normalized spacial score (nSPS) is 12.9. The van der Waals surface area contributed by atoms with Gasteiger partial charge in [0, 0.05) is 18.4 Å². The minimum atomic E-state index is -0.426. The predicted molar refractivity (Wildman–Crippen MR) is 49.5 cm³/mol. The Morgan fingerprint density at radius 3 is 2.67 bits per heavy atom.